The van der Waals surface area contributed by atoms with Crippen LogP contribution < -0.4 is 26.8 Å². The maximum absolute atomic E-state index is 12.9. The second-order valence-corrected chi connectivity index (χ2v) is 19.1. The van der Waals surface area contributed by atoms with Gasteiger partial charge in [0.05, 0.1) is 36.1 Å². The number of anilines is 2. The van der Waals surface area contributed by atoms with Gasteiger partial charge in [0.25, 0.3) is 0 Å². The standard InChI is InChI=1S/C44H57N9O4S/c1-27-30-8-7-13-53(39(30)51-50-38(27)49-41-47-33-9-5-6-10-34(33)58-41)36-12-11-31(37(48-36)40(54)55)32(23-45)28(2)46-26-44-22-35-42(3,24-44)20-29(21-43(35,4)25-44)57-19-16-52-14-17-56-18-15-52/h5-6,9-12,23,29,35,50-51H,7-8,13-22,24-26,45H2,1-4H3,(H,47,49)(H,54,55)/b32-23+,46-28?. The summed E-state index contributed by atoms with van der Waals surface area (Å²) < 4.78 is 13.2. The molecule has 3 aliphatic heterocycles. The third-order valence-corrected chi connectivity index (χ3v) is 15.0. The lowest BCUT2D eigenvalue weighted by Gasteiger charge is -2.54. The maximum Gasteiger partial charge on any atom is 0.355 e. The quantitative estimate of drug-likeness (QED) is 0.123. The highest BCUT2D eigenvalue weighted by Gasteiger charge is 2.67. The second-order valence-electron chi connectivity index (χ2n) is 18.1. The summed E-state index contributed by atoms with van der Waals surface area (Å²) in [6.45, 7) is 15.8. The van der Waals surface area contributed by atoms with Gasteiger partial charge in [0, 0.05) is 61.3 Å². The van der Waals surface area contributed by atoms with Crippen molar-refractivity contribution >= 4 is 49.8 Å². The molecule has 1 saturated heterocycles. The van der Waals surface area contributed by atoms with Gasteiger partial charge in [0.2, 0.25) is 0 Å². The predicted molar refractivity (Wildman–Crippen MR) is 229 cm³/mol. The monoisotopic (exact) mass is 807 g/mol. The van der Waals surface area contributed by atoms with Gasteiger partial charge < -0.3 is 30.5 Å². The van der Waals surface area contributed by atoms with E-state index in [1.165, 1.54) is 12.6 Å². The van der Waals surface area contributed by atoms with Crippen molar-refractivity contribution in [2.24, 2.45) is 32.9 Å². The number of nitrogens with zero attached hydrogens (tertiary/aromatic N) is 5. The van der Waals surface area contributed by atoms with Gasteiger partial charge in [-0.25, -0.2) is 14.8 Å². The summed E-state index contributed by atoms with van der Waals surface area (Å²) in [6.07, 6.45) is 9.23. The van der Waals surface area contributed by atoms with Crippen LogP contribution in [0.4, 0.5) is 10.9 Å². The number of aromatic nitrogens is 2. The van der Waals surface area contributed by atoms with Crippen molar-refractivity contribution in [2.45, 2.75) is 78.7 Å². The van der Waals surface area contributed by atoms with Crippen LogP contribution in [-0.4, -0.2) is 90.3 Å². The van der Waals surface area contributed by atoms with Gasteiger partial charge in [0.15, 0.2) is 10.8 Å². The minimum absolute atomic E-state index is 0.0418. The molecule has 4 fully saturated rings. The molecule has 14 heteroatoms. The first-order valence-electron chi connectivity index (χ1n) is 20.9. The molecule has 6 aliphatic rings. The molecule has 2 bridgehead atoms. The van der Waals surface area contributed by atoms with Gasteiger partial charge in [-0.1, -0.05) is 37.3 Å². The van der Waals surface area contributed by atoms with Crippen molar-refractivity contribution in [3.8, 4) is 0 Å². The summed E-state index contributed by atoms with van der Waals surface area (Å²) in [7, 11) is 0. The Labute approximate surface area is 344 Å². The van der Waals surface area contributed by atoms with Crippen molar-refractivity contribution in [2.75, 3.05) is 62.8 Å². The smallest absolute Gasteiger partial charge is 0.355 e. The number of aromatic carboxylic acids is 1. The number of allylic oxidation sites excluding steroid dienone is 3. The third kappa shape index (κ3) is 7.15. The molecule has 2 aromatic heterocycles. The van der Waals surface area contributed by atoms with Crippen LogP contribution in [0.3, 0.4) is 0 Å². The first kappa shape index (κ1) is 39.0. The third-order valence-electron chi connectivity index (χ3n) is 14.0. The Balaban J connectivity index is 0.895. The molecule has 1 aromatic carbocycles. The number of ether oxygens (including phenoxy) is 2. The molecule has 308 valence electrons. The fraction of sp³-hybridized carbons (Fsp3) is 0.545. The molecule has 3 saturated carbocycles. The molecule has 6 N–H and O–H groups in total. The Hall–Kier alpha value is -4.50. The van der Waals surface area contributed by atoms with E-state index >= 15 is 0 Å². The highest BCUT2D eigenvalue weighted by Crippen LogP contribution is 2.74. The molecule has 0 spiro atoms. The molecule has 3 aliphatic carbocycles. The van der Waals surface area contributed by atoms with Crippen LogP contribution in [0, 0.1) is 22.2 Å². The number of carboxylic acids is 1. The largest absolute Gasteiger partial charge is 0.476 e. The van der Waals surface area contributed by atoms with Crippen molar-refractivity contribution in [1.29, 1.82) is 0 Å². The van der Waals surface area contributed by atoms with Gasteiger partial charge >= 0.3 is 5.97 Å². The van der Waals surface area contributed by atoms with Crippen LogP contribution >= 0.6 is 11.3 Å². The van der Waals surface area contributed by atoms with Crippen LogP contribution in [0.2, 0.25) is 0 Å². The number of carbonyl (C=O) groups is 1. The van der Waals surface area contributed by atoms with Gasteiger partial charge in [-0.2, -0.15) is 0 Å². The van der Waals surface area contributed by atoms with E-state index in [1.54, 1.807) is 11.3 Å². The summed E-state index contributed by atoms with van der Waals surface area (Å²) in [6, 6.07) is 11.8. The Bertz CT molecular complexity index is 2170. The number of hydrazine groups is 1. The maximum atomic E-state index is 12.9. The minimum Gasteiger partial charge on any atom is -0.476 e. The summed E-state index contributed by atoms with van der Waals surface area (Å²) in [5, 5.41) is 14.8. The van der Waals surface area contributed by atoms with Crippen LogP contribution in [-0.2, 0) is 9.47 Å². The molecular weight excluding hydrogens is 751 g/mol. The summed E-state index contributed by atoms with van der Waals surface area (Å²) in [4.78, 5) is 32.1. The molecule has 0 radical (unpaired) electrons. The van der Waals surface area contributed by atoms with E-state index in [4.69, 9.17) is 30.2 Å². The average Bonchev–Trinajstić information content (AvgIpc) is 3.86. The zero-order valence-electron chi connectivity index (χ0n) is 34.2. The number of aliphatic imine (C=N–C) groups is 1. The molecule has 2 unspecified atom stereocenters. The number of para-hydroxylation sites is 1. The van der Waals surface area contributed by atoms with Crippen LogP contribution in [0.15, 0.2) is 70.4 Å². The van der Waals surface area contributed by atoms with Crippen molar-refractivity contribution in [3.63, 3.8) is 0 Å². The Kier molecular flexibility index (Phi) is 10.3. The predicted octanol–water partition coefficient (Wildman–Crippen LogP) is 6.74. The van der Waals surface area contributed by atoms with Gasteiger partial charge in [-0.15, -0.1) is 0 Å². The van der Waals surface area contributed by atoms with Gasteiger partial charge in [-0.05, 0) is 111 Å². The Morgan fingerprint density at radius 2 is 1.88 bits per heavy atom. The fourth-order valence-corrected chi connectivity index (χ4v) is 12.6. The SMILES string of the molecule is CC(=NCC12CC3C(C)(CC(OCCN4CCOCC4)CC3(C)C1)C2)/C(=C\N)c1ccc(N2CCCC3=C2NNC(Nc2nc4ccccc4s2)=C3C)nc1C(=O)O. The lowest BCUT2D eigenvalue weighted by molar-refractivity contribution is -0.110. The first-order valence-corrected chi connectivity index (χ1v) is 21.7. The molecule has 9 rings (SSSR count). The van der Waals surface area contributed by atoms with Crippen molar-refractivity contribution in [1.82, 2.24) is 25.7 Å². The number of carboxylic acid groups (broad SMARTS) is 1. The zero-order valence-corrected chi connectivity index (χ0v) is 35.0. The molecule has 13 nitrogen and oxygen atoms in total. The number of pyridine rings is 1. The van der Waals surface area contributed by atoms with Crippen LogP contribution in [0.25, 0.3) is 15.8 Å². The zero-order chi connectivity index (χ0) is 40.2. The van der Waals surface area contributed by atoms with Gasteiger partial charge in [-0.3, -0.25) is 20.7 Å². The highest BCUT2D eigenvalue weighted by atomic mass is 32.1. The van der Waals surface area contributed by atoms with E-state index in [0.717, 1.165) is 122 Å². The first-order chi connectivity index (χ1) is 28.0. The molecule has 2 atom stereocenters. The van der Waals surface area contributed by atoms with Crippen molar-refractivity contribution < 1.29 is 19.4 Å². The van der Waals surface area contributed by atoms with Crippen LogP contribution in [0.1, 0.15) is 88.7 Å². The lowest BCUT2D eigenvalue weighted by atomic mass is 9.52. The molecule has 3 aromatic rings. The number of morpholine rings is 1. The molecule has 0 amide bonds. The Morgan fingerprint density at radius 1 is 1.10 bits per heavy atom. The molecular formula is C44H57N9O4S. The summed E-state index contributed by atoms with van der Waals surface area (Å²) in [5.41, 5.74) is 18.5. The molecule has 5 heterocycles. The fourth-order valence-electron chi connectivity index (χ4n) is 11.8. The highest BCUT2D eigenvalue weighted by molar-refractivity contribution is 7.22. The summed E-state index contributed by atoms with van der Waals surface area (Å²) >= 11 is 1.61. The van der Waals surface area contributed by atoms with Crippen LogP contribution in [0.5, 0.6) is 0 Å². The summed E-state index contributed by atoms with van der Waals surface area (Å²) in [5.74, 6) is 1.82. The van der Waals surface area contributed by atoms with E-state index in [0.29, 0.717) is 42.1 Å². The number of thiazole rings is 1. The number of fused-ring (bicyclic) bond motifs is 2. The van der Waals surface area contributed by atoms with Gasteiger partial charge in [0.1, 0.15) is 17.5 Å². The van der Waals surface area contributed by atoms with E-state index < -0.39 is 5.97 Å². The number of hydrogen-bond acceptors (Lipinski definition) is 13. The van der Waals surface area contributed by atoms with E-state index in [9.17, 15) is 9.90 Å². The normalized spacial score (nSPS) is 30.1. The van der Waals surface area contributed by atoms with E-state index in [1.807, 2.05) is 37.3 Å². The van der Waals surface area contributed by atoms with Crippen molar-refractivity contribution in [3.05, 3.63) is 76.6 Å². The average molecular weight is 808 g/mol. The minimum atomic E-state index is -1.10. The second kappa shape index (κ2) is 15.3. The number of hydrogen-bond donors (Lipinski definition) is 5. The number of nitrogens with two attached hydrogens (primary N) is 1. The number of rotatable bonds is 12. The van der Waals surface area contributed by atoms with E-state index in [-0.39, 0.29) is 21.9 Å². The van der Waals surface area contributed by atoms with E-state index in [2.05, 4.69) is 52.8 Å². The molecule has 58 heavy (non-hydrogen) atoms. The number of benzene rings is 1. The number of nitrogens with one attached hydrogen (secondary N) is 3. The topological polar surface area (TPSA) is 162 Å². The Morgan fingerprint density at radius 3 is 2.62 bits per heavy atom. The lowest BCUT2D eigenvalue weighted by Crippen LogP contribution is -2.49.